The summed E-state index contributed by atoms with van der Waals surface area (Å²) < 4.78 is 0. The van der Waals surface area contributed by atoms with Gasteiger partial charge in [0.25, 0.3) is 0 Å². The number of amides is 1. The van der Waals surface area contributed by atoms with Gasteiger partial charge in [-0.3, -0.25) is 9.78 Å². The number of aryl methyl sites for hydroxylation is 1. The summed E-state index contributed by atoms with van der Waals surface area (Å²) in [6.45, 7) is 3.45. The van der Waals surface area contributed by atoms with E-state index in [9.17, 15) is 4.79 Å². The van der Waals surface area contributed by atoms with Crippen molar-refractivity contribution in [3.05, 3.63) is 36.2 Å². The van der Waals surface area contributed by atoms with Crippen molar-refractivity contribution in [3.8, 4) is 0 Å². The predicted octanol–water partition coefficient (Wildman–Crippen LogP) is 2.50. The van der Waals surface area contributed by atoms with Crippen molar-refractivity contribution >= 4 is 22.4 Å². The van der Waals surface area contributed by atoms with Crippen LogP contribution in [0.4, 0.5) is 5.69 Å². The van der Waals surface area contributed by atoms with Crippen molar-refractivity contribution < 1.29 is 4.79 Å². The fourth-order valence-corrected chi connectivity index (χ4v) is 1.62. The second kappa shape index (κ2) is 3.69. The molecule has 0 aliphatic carbocycles. The maximum absolute atomic E-state index is 11.0. The first kappa shape index (κ1) is 9.65. The highest BCUT2D eigenvalue weighted by atomic mass is 16.1. The Morgan fingerprint density at radius 3 is 2.60 bits per heavy atom. The topological polar surface area (TPSA) is 42.0 Å². The monoisotopic (exact) mass is 200 g/mol. The minimum absolute atomic E-state index is 0.0780. The lowest BCUT2D eigenvalue weighted by Gasteiger charge is -2.07. The second-order valence-corrected chi connectivity index (χ2v) is 3.48. The number of nitrogens with one attached hydrogen (secondary N) is 1. The van der Waals surface area contributed by atoms with Crippen LogP contribution in [0.25, 0.3) is 10.8 Å². The smallest absolute Gasteiger partial charge is 0.221 e. The molecule has 0 saturated carbocycles. The first-order chi connectivity index (χ1) is 7.18. The zero-order valence-corrected chi connectivity index (χ0v) is 8.74. The van der Waals surface area contributed by atoms with Gasteiger partial charge in [-0.2, -0.15) is 0 Å². The molecule has 0 atom stereocenters. The molecule has 3 nitrogen and oxygen atoms in total. The Kier molecular flexibility index (Phi) is 2.37. The molecule has 0 aliphatic heterocycles. The minimum Gasteiger partial charge on any atom is -0.324 e. The number of carbonyl (C=O) groups is 1. The van der Waals surface area contributed by atoms with Crippen molar-refractivity contribution in [1.82, 2.24) is 4.98 Å². The van der Waals surface area contributed by atoms with Gasteiger partial charge in [0.2, 0.25) is 5.91 Å². The van der Waals surface area contributed by atoms with E-state index in [0.717, 1.165) is 22.2 Å². The van der Waals surface area contributed by atoms with E-state index in [4.69, 9.17) is 0 Å². The van der Waals surface area contributed by atoms with Crippen molar-refractivity contribution in [2.75, 3.05) is 5.32 Å². The number of fused-ring (bicyclic) bond motifs is 1. The third-order valence-electron chi connectivity index (χ3n) is 2.31. The lowest BCUT2D eigenvalue weighted by atomic mass is 10.1. The van der Waals surface area contributed by atoms with Gasteiger partial charge in [-0.25, -0.2) is 0 Å². The number of carbonyl (C=O) groups excluding carboxylic acids is 1. The lowest BCUT2D eigenvalue weighted by molar-refractivity contribution is -0.114. The molecule has 0 saturated heterocycles. The van der Waals surface area contributed by atoms with Crippen LogP contribution in [0.3, 0.4) is 0 Å². The van der Waals surface area contributed by atoms with Crippen LogP contribution in [-0.2, 0) is 4.79 Å². The summed E-state index contributed by atoms with van der Waals surface area (Å²) in [5, 5.41) is 4.87. The number of hydrogen-bond acceptors (Lipinski definition) is 2. The van der Waals surface area contributed by atoms with Crippen LogP contribution in [0.2, 0.25) is 0 Å². The molecular formula is C12H12N2O. The van der Waals surface area contributed by atoms with Crippen LogP contribution in [0, 0.1) is 6.92 Å². The van der Waals surface area contributed by atoms with Gasteiger partial charge < -0.3 is 5.32 Å². The number of benzene rings is 1. The molecule has 2 rings (SSSR count). The molecule has 0 bridgehead atoms. The third-order valence-corrected chi connectivity index (χ3v) is 2.31. The molecule has 0 radical (unpaired) electrons. The van der Waals surface area contributed by atoms with Crippen LogP contribution in [-0.4, -0.2) is 10.9 Å². The van der Waals surface area contributed by atoms with Crippen LogP contribution < -0.4 is 5.32 Å². The molecule has 1 aromatic heterocycles. The van der Waals surface area contributed by atoms with Crippen LogP contribution in [0.5, 0.6) is 0 Å². The van der Waals surface area contributed by atoms with Gasteiger partial charge in [0.1, 0.15) is 0 Å². The first-order valence-corrected chi connectivity index (χ1v) is 4.80. The van der Waals surface area contributed by atoms with Crippen LogP contribution >= 0.6 is 0 Å². The highest BCUT2D eigenvalue weighted by molar-refractivity contribution is 6.01. The van der Waals surface area contributed by atoms with Crippen LogP contribution in [0.1, 0.15) is 12.6 Å². The Hall–Kier alpha value is -1.90. The van der Waals surface area contributed by atoms with Gasteiger partial charge >= 0.3 is 0 Å². The number of pyridine rings is 1. The molecule has 15 heavy (non-hydrogen) atoms. The number of rotatable bonds is 1. The standard InChI is InChI=1S/C12H12N2O/c1-8-10-5-3-4-6-11(10)12(7-13-8)14-9(2)15/h3-7H,1-2H3,(H,14,15). The predicted molar refractivity (Wildman–Crippen MR) is 60.8 cm³/mol. The van der Waals surface area contributed by atoms with E-state index in [1.165, 1.54) is 6.92 Å². The molecular weight excluding hydrogens is 188 g/mol. The maximum atomic E-state index is 11.0. The Morgan fingerprint density at radius 1 is 1.27 bits per heavy atom. The molecule has 0 spiro atoms. The van der Waals surface area contributed by atoms with E-state index in [-0.39, 0.29) is 5.91 Å². The summed E-state index contributed by atoms with van der Waals surface area (Å²) in [7, 11) is 0. The minimum atomic E-state index is -0.0780. The van der Waals surface area contributed by atoms with E-state index in [1.54, 1.807) is 6.20 Å². The Labute approximate surface area is 88.1 Å². The van der Waals surface area contributed by atoms with E-state index >= 15 is 0 Å². The molecule has 3 heteroatoms. The van der Waals surface area contributed by atoms with Gasteiger partial charge in [0.15, 0.2) is 0 Å². The summed E-state index contributed by atoms with van der Waals surface area (Å²) in [6.07, 6.45) is 1.69. The fraction of sp³-hybridized carbons (Fsp3) is 0.167. The SMILES string of the molecule is CC(=O)Nc1cnc(C)c2ccccc12. The molecule has 1 aromatic carbocycles. The van der Waals surface area contributed by atoms with Crippen molar-refractivity contribution in [1.29, 1.82) is 0 Å². The largest absolute Gasteiger partial charge is 0.324 e. The molecule has 1 N–H and O–H groups in total. The molecule has 1 amide bonds. The molecule has 1 heterocycles. The zero-order valence-electron chi connectivity index (χ0n) is 8.74. The van der Waals surface area contributed by atoms with Gasteiger partial charge in [-0.1, -0.05) is 24.3 Å². The van der Waals surface area contributed by atoms with E-state index in [0.29, 0.717) is 0 Å². The number of anilines is 1. The van der Waals surface area contributed by atoms with E-state index < -0.39 is 0 Å². The number of aromatic nitrogens is 1. The lowest BCUT2D eigenvalue weighted by Crippen LogP contribution is -2.06. The summed E-state index contributed by atoms with van der Waals surface area (Å²) in [5.41, 5.74) is 1.74. The average Bonchev–Trinajstić information content (AvgIpc) is 2.22. The highest BCUT2D eigenvalue weighted by Gasteiger charge is 2.04. The molecule has 76 valence electrons. The molecule has 0 unspecified atom stereocenters. The van der Waals surface area contributed by atoms with Gasteiger partial charge in [0.05, 0.1) is 11.9 Å². The van der Waals surface area contributed by atoms with E-state index in [2.05, 4.69) is 10.3 Å². The maximum Gasteiger partial charge on any atom is 0.221 e. The quantitative estimate of drug-likeness (QED) is 0.768. The second-order valence-electron chi connectivity index (χ2n) is 3.48. The average molecular weight is 200 g/mol. The van der Waals surface area contributed by atoms with Crippen LogP contribution in [0.15, 0.2) is 30.5 Å². The third kappa shape index (κ3) is 1.81. The Balaban J connectivity index is 2.66. The van der Waals surface area contributed by atoms with E-state index in [1.807, 2.05) is 31.2 Å². The first-order valence-electron chi connectivity index (χ1n) is 4.80. The van der Waals surface area contributed by atoms with Crippen molar-refractivity contribution in [2.45, 2.75) is 13.8 Å². The van der Waals surface area contributed by atoms with Gasteiger partial charge in [-0.15, -0.1) is 0 Å². The molecule has 0 fully saturated rings. The summed E-state index contributed by atoms with van der Waals surface area (Å²) >= 11 is 0. The Bertz CT molecular complexity index is 520. The van der Waals surface area contributed by atoms with Crippen molar-refractivity contribution in [2.24, 2.45) is 0 Å². The summed E-state index contributed by atoms with van der Waals surface area (Å²) in [4.78, 5) is 15.2. The van der Waals surface area contributed by atoms with Gasteiger partial charge in [-0.05, 0) is 6.92 Å². The molecule has 2 aromatic rings. The zero-order chi connectivity index (χ0) is 10.8. The highest BCUT2D eigenvalue weighted by Crippen LogP contribution is 2.24. The van der Waals surface area contributed by atoms with Crippen molar-refractivity contribution in [3.63, 3.8) is 0 Å². The number of nitrogens with zero attached hydrogens (tertiary/aromatic N) is 1. The summed E-state index contributed by atoms with van der Waals surface area (Å²) in [5.74, 6) is -0.0780. The summed E-state index contributed by atoms with van der Waals surface area (Å²) in [6, 6.07) is 7.90. The van der Waals surface area contributed by atoms with Gasteiger partial charge in [0, 0.05) is 23.4 Å². The number of hydrogen-bond donors (Lipinski definition) is 1. The fourth-order valence-electron chi connectivity index (χ4n) is 1.62. The molecule has 0 aliphatic rings. The normalized spacial score (nSPS) is 10.3. The Morgan fingerprint density at radius 2 is 1.93 bits per heavy atom.